The Labute approximate surface area is 58.0 Å². The molecule has 0 aliphatic heterocycles. The first-order valence-electron chi connectivity index (χ1n) is 3.23. The minimum Gasteiger partial charge on any atom is -0.302 e. The molecular weight excluding hydrogens is 133 g/mol. The van der Waals surface area contributed by atoms with Crippen LogP contribution in [0.4, 0.5) is 0 Å². The minimum absolute atomic E-state index is 0.833. The van der Waals surface area contributed by atoms with Crippen LogP contribution in [0.25, 0.3) is 0 Å². The van der Waals surface area contributed by atoms with Gasteiger partial charge in [0.1, 0.15) is 6.66 Å². The Morgan fingerprint density at radius 3 is 2.44 bits per heavy atom. The molecule has 0 aliphatic rings. The van der Waals surface area contributed by atoms with Crippen LogP contribution in [-0.4, -0.2) is 37.9 Å². The van der Waals surface area contributed by atoms with E-state index < -0.39 is 7.80 Å². The molecule has 1 unspecified atom stereocenters. The summed E-state index contributed by atoms with van der Waals surface area (Å²) in [4.78, 5) is 2.16. The van der Waals surface area contributed by atoms with Crippen LogP contribution in [0.3, 0.4) is 0 Å². The predicted molar refractivity (Wildman–Crippen MR) is 41.6 cm³/mol. The maximum absolute atomic E-state index is 10.6. The van der Waals surface area contributed by atoms with E-state index in [-0.39, 0.29) is 0 Å². The van der Waals surface area contributed by atoms with E-state index in [1.807, 2.05) is 7.05 Å². The van der Waals surface area contributed by atoms with Crippen LogP contribution in [0.2, 0.25) is 0 Å². The number of nitrogens with zero attached hydrogens (tertiary/aromatic N) is 1. The highest BCUT2D eigenvalue weighted by Crippen LogP contribution is 2.11. The van der Waals surface area contributed by atoms with Crippen molar-refractivity contribution in [3.8, 4) is 0 Å². The lowest BCUT2D eigenvalue weighted by Crippen LogP contribution is -2.20. The summed E-state index contributed by atoms with van der Waals surface area (Å²) < 4.78 is 10.6. The van der Waals surface area contributed by atoms with Gasteiger partial charge in [0.15, 0.2) is 6.16 Å². The van der Waals surface area contributed by atoms with Gasteiger partial charge in [-0.25, -0.2) is 0 Å². The fraction of sp³-hybridized carbons (Fsp3) is 1.00. The van der Waals surface area contributed by atoms with Gasteiger partial charge in [0, 0.05) is 6.54 Å². The van der Waals surface area contributed by atoms with Gasteiger partial charge in [0.25, 0.3) is 0 Å². The van der Waals surface area contributed by atoms with Crippen LogP contribution >= 0.6 is 7.80 Å². The third kappa shape index (κ3) is 5.94. The highest BCUT2D eigenvalue weighted by Gasteiger charge is 2.05. The number of rotatable bonds is 4. The molecule has 0 radical (unpaired) electrons. The molecule has 0 spiro atoms. The molecule has 0 N–H and O–H groups in total. The topological polar surface area (TPSA) is 20.3 Å². The van der Waals surface area contributed by atoms with E-state index in [0.29, 0.717) is 0 Å². The van der Waals surface area contributed by atoms with Crippen molar-refractivity contribution in [1.29, 1.82) is 0 Å². The second-order valence-corrected chi connectivity index (χ2v) is 3.95. The molecule has 0 rings (SSSR count). The molecule has 0 aliphatic carbocycles. The molecule has 0 saturated heterocycles. The van der Waals surface area contributed by atoms with E-state index in [0.717, 1.165) is 19.3 Å². The highest BCUT2D eigenvalue weighted by atomic mass is 31.1. The standard InChI is InChI=1S/C6H15NOP/c1-4-7(2)5-6-9(3)8/h4-6H2,1-3H3/q+1. The van der Waals surface area contributed by atoms with Crippen LogP contribution in [0.15, 0.2) is 0 Å². The Balaban J connectivity index is 3.16. The zero-order valence-electron chi connectivity index (χ0n) is 6.42. The van der Waals surface area contributed by atoms with Crippen molar-refractivity contribution >= 4 is 7.80 Å². The van der Waals surface area contributed by atoms with Crippen LogP contribution in [0.1, 0.15) is 6.92 Å². The molecular formula is C6H15NOP+. The van der Waals surface area contributed by atoms with Gasteiger partial charge in [0.05, 0.1) is 0 Å². The summed E-state index contributed by atoms with van der Waals surface area (Å²) in [5, 5.41) is 0. The average Bonchev–Trinajstić information content (AvgIpc) is 1.83. The molecule has 54 valence electrons. The molecule has 0 fully saturated rings. The summed E-state index contributed by atoms with van der Waals surface area (Å²) in [5.74, 6) is 0. The van der Waals surface area contributed by atoms with Gasteiger partial charge in [-0.2, -0.15) is 0 Å². The zero-order chi connectivity index (χ0) is 7.28. The lowest BCUT2D eigenvalue weighted by Gasteiger charge is -2.08. The lowest BCUT2D eigenvalue weighted by atomic mass is 10.6. The lowest BCUT2D eigenvalue weighted by molar-refractivity contribution is 0.374. The maximum Gasteiger partial charge on any atom is 0.336 e. The molecule has 3 heteroatoms. The molecule has 0 aromatic rings. The monoisotopic (exact) mass is 148 g/mol. The van der Waals surface area contributed by atoms with Gasteiger partial charge in [-0.3, -0.25) is 0 Å². The van der Waals surface area contributed by atoms with Crippen molar-refractivity contribution < 1.29 is 4.57 Å². The van der Waals surface area contributed by atoms with E-state index in [9.17, 15) is 4.57 Å². The number of hydrogen-bond acceptors (Lipinski definition) is 2. The second kappa shape index (κ2) is 4.89. The third-order valence-electron chi connectivity index (χ3n) is 1.34. The SMILES string of the molecule is CCN(C)CC[P+](C)=O. The average molecular weight is 148 g/mol. The fourth-order valence-electron chi connectivity index (χ4n) is 0.470. The molecule has 0 saturated carbocycles. The van der Waals surface area contributed by atoms with Gasteiger partial charge in [-0.05, 0) is 13.6 Å². The van der Waals surface area contributed by atoms with E-state index >= 15 is 0 Å². The van der Waals surface area contributed by atoms with E-state index in [1.54, 1.807) is 6.66 Å². The first-order chi connectivity index (χ1) is 4.16. The minimum atomic E-state index is -0.930. The van der Waals surface area contributed by atoms with Crippen LogP contribution in [-0.2, 0) is 4.57 Å². The molecule has 0 bridgehead atoms. The van der Waals surface area contributed by atoms with E-state index in [4.69, 9.17) is 0 Å². The van der Waals surface area contributed by atoms with Gasteiger partial charge < -0.3 is 4.90 Å². The molecule has 0 aromatic heterocycles. The molecule has 0 heterocycles. The van der Waals surface area contributed by atoms with E-state index in [1.165, 1.54) is 0 Å². The van der Waals surface area contributed by atoms with Crippen LogP contribution < -0.4 is 0 Å². The Morgan fingerprint density at radius 1 is 1.56 bits per heavy atom. The first-order valence-corrected chi connectivity index (χ1v) is 5.12. The van der Waals surface area contributed by atoms with Gasteiger partial charge in [-0.15, -0.1) is 0 Å². The Morgan fingerprint density at radius 2 is 2.11 bits per heavy atom. The van der Waals surface area contributed by atoms with Crippen molar-refractivity contribution in [3.05, 3.63) is 0 Å². The van der Waals surface area contributed by atoms with Crippen molar-refractivity contribution in [2.24, 2.45) is 0 Å². The summed E-state index contributed by atoms with van der Waals surface area (Å²) in [6.07, 6.45) is 0.833. The summed E-state index contributed by atoms with van der Waals surface area (Å²) >= 11 is 0. The Kier molecular flexibility index (Phi) is 4.93. The van der Waals surface area contributed by atoms with E-state index in [2.05, 4.69) is 11.8 Å². The van der Waals surface area contributed by atoms with Gasteiger partial charge in [-0.1, -0.05) is 11.5 Å². The highest BCUT2D eigenvalue weighted by molar-refractivity contribution is 7.43. The fourth-order valence-corrected chi connectivity index (χ4v) is 1.09. The molecule has 0 aromatic carbocycles. The molecule has 9 heavy (non-hydrogen) atoms. The largest absolute Gasteiger partial charge is 0.336 e. The van der Waals surface area contributed by atoms with Gasteiger partial charge in [0.2, 0.25) is 0 Å². The van der Waals surface area contributed by atoms with Crippen LogP contribution in [0.5, 0.6) is 0 Å². The normalized spacial score (nSPS) is 12.2. The number of hydrogen-bond donors (Lipinski definition) is 0. The second-order valence-electron chi connectivity index (χ2n) is 2.25. The first kappa shape index (κ1) is 9.06. The van der Waals surface area contributed by atoms with Crippen molar-refractivity contribution in [2.45, 2.75) is 6.92 Å². The molecule has 1 atom stereocenters. The smallest absolute Gasteiger partial charge is 0.302 e. The Hall–Kier alpha value is 0.0600. The van der Waals surface area contributed by atoms with Crippen molar-refractivity contribution in [1.82, 2.24) is 4.90 Å². The maximum atomic E-state index is 10.6. The molecule has 0 amide bonds. The summed E-state index contributed by atoms with van der Waals surface area (Å²) in [6, 6.07) is 0. The van der Waals surface area contributed by atoms with Crippen molar-refractivity contribution in [3.63, 3.8) is 0 Å². The Bertz CT molecular complexity index is 95.1. The summed E-state index contributed by atoms with van der Waals surface area (Å²) in [5.41, 5.74) is 0. The summed E-state index contributed by atoms with van der Waals surface area (Å²) in [7, 11) is 1.11. The zero-order valence-corrected chi connectivity index (χ0v) is 7.32. The van der Waals surface area contributed by atoms with Crippen molar-refractivity contribution in [2.75, 3.05) is 33.0 Å². The molecule has 2 nitrogen and oxygen atoms in total. The predicted octanol–water partition coefficient (Wildman–Crippen LogP) is 1.40. The van der Waals surface area contributed by atoms with Crippen LogP contribution in [0, 0.1) is 0 Å². The third-order valence-corrected chi connectivity index (χ3v) is 2.17. The van der Waals surface area contributed by atoms with Gasteiger partial charge >= 0.3 is 7.80 Å². The summed E-state index contributed by atoms with van der Waals surface area (Å²) in [6.45, 7) is 5.88. The quantitative estimate of drug-likeness (QED) is 0.561.